The van der Waals surface area contributed by atoms with E-state index in [1.54, 1.807) is 4.90 Å². The van der Waals surface area contributed by atoms with Crippen LogP contribution >= 0.6 is 0 Å². The third-order valence-corrected chi connectivity index (χ3v) is 3.92. The van der Waals surface area contributed by atoms with Crippen LogP contribution in [0.15, 0.2) is 12.2 Å². The van der Waals surface area contributed by atoms with Crippen molar-refractivity contribution in [1.82, 2.24) is 4.90 Å². The van der Waals surface area contributed by atoms with Crippen molar-refractivity contribution in [3.63, 3.8) is 0 Å². The first-order chi connectivity index (χ1) is 7.41. The van der Waals surface area contributed by atoms with Crippen LogP contribution < -0.4 is 0 Å². The van der Waals surface area contributed by atoms with E-state index in [0.717, 1.165) is 12.8 Å². The van der Waals surface area contributed by atoms with Gasteiger partial charge in [0, 0.05) is 12.6 Å². The van der Waals surface area contributed by atoms with Crippen molar-refractivity contribution in [3.8, 4) is 0 Å². The van der Waals surface area contributed by atoms with Crippen LogP contribution in [0.3, 0.4) is 0 Å². The van der Waals surface area contributed by atoms with Gasteiger partial charge < -0.3 is 10.0 Å². The molecule has 0 aromatic heterocycles. The number of rotatable bonds is 0. The quantitative estimate of drug-likeness (QED) is 0.641. The Morgan fingerprint density at radius 2 is 1.94 bits per heavy atom. The van der Waals surface area contributed by atoms with Gasteiger partial charge >= 0.3 is 6.09 Å². The summed E-state index contributed by atoms with van der Waals surface area (Å²) in [7, 11) is 0. The largest absolute Gasteiger partial charge is 0.465 e. The van der Waals surface area contributed by atoms with Crippen molar-refractivity contribution in [2.45, 2.75) is 39.7 Å². The fourth-order valence-electron chi connectivity index (χ4n) is 3.39. The van der Waals surface area contributed by atoms with Gasteiger partial charge in [0.25, 0.3) is 0 Å². The number of carbonyl (C=O) groups is 1. The highest BCUT2D eigenvalue weighted by atomic mass is 16.4. The highest BCUT2D eigenvalue weighted by Crippen LogP contribution is 2.44. The molecule has 0 radical (unpaired) electrons. The van der Waals surface area contributed by atoms with Gasteiger partial charge in [-0.3, -0.25) is 0 Å². The van der Waals surface area contributed by atoms with Gasteiger partial charge in [0.15, 0.2) is 0 Å². The van der Waals surface area contributed by atoms with Crippen LogP contribution in [-0.4, -0.2) is 28.7 Å². The van der Waals surface area contributed by atoms with Crippen LogP contribution in [0.1, 0.15) is 33.6 Å². The summed E-state index contributed by atoms with van der Waals surface area (Å²) >= 11 is 0. The van der Waals surface area contributed by atoms with Crippen LogP contribution in [0.5, 0.6) is 0 Å². The van der Waals surface area contributed by atoms with Crippen molar-refractivity contribution >= 4 is 6.09 Å². The van der Waals surface area contributed by atoms with Gasteiger partial charge in [0.05, 0.1) is 0 Å². The molecule has 0 spiro atoms. The lowest BCUT2D eigenvalue weighted by Gasteiger charge is -2.37. The van der Waals surface area contributed by atoms with Gasteiger partial charge in [-0.15, -0.1) is 0 Å². The Morgan fingerprint density at radius 3 is 2.50 bits per heavy atom. The highest BCUT2D eigenvalue weighted by molar-refractivity contribution is 5.66. The molecule has 1 aliphatic carbocycles. The van der Waals surface area contributed by atoms with Crippen molar-refractivity contribution < 1.29 is 9.90 Å². The SMILES string of the molecule is CC(C)(C)[C@@H]1C2CC=CC[C@H]2CN1C(=O)O. The topological polar surface area (TPSA) is 40.5 Å². The second kappa shape index (κ2) is 3.79. The summed E-state index contributed by atoms with van der Waals surface area (Å²) < 4.78 is 0. The van der Waals surface area contributed by atoms with Crippen LogP contribution in [0.25, 0.3) is 0 Å². The molecule has 1 N–H and O–H groups in total. The molecule has 0 aromatic rings. The molecule has 1 aliphatic heterocycles. The third-order valence-electron chi connectivity index (χ3n) is 3.92. The summed E-state index contributed by atoms with van der Waals surface area (Å²) in [4.78, 5) is 13.0. The lowest BCUT2D eigenvalue weighted by atomic mass is 9.73. The molecule has 0 aromatic carbocycles. The van der Waals surface area contributed by atoms with Crippen LogP contribution in [0, 0.1) is 17.3 Å². The number of nitrogens with zero attached hydrogens (tertiary/aromatic N) is 1. The molecule has 1 unspecified atom stereocenters. The summed E-state index contributed by atoms with van der Waals surface area (Å²) in [5.41, 5.74) is 0.0307. The Hall–Kier alpha value is -0.990. The van der Waals surface area contributed by atoms with Gasteiger partial charge in [-0.1, -0.05) is 32.9 Å². The van der Waals surface area contributed by atoms with Crippen LogP contribution in [-0.2, 0) is 0 Å². The normalized spacial score (nSPS) is 33.9. The molecule has 16 heavy (non-hydrogen) atoms. The van der Waals surface area contributed by atoms with E-state index in [1.807, 2.05) is 0 Å². The Balaban J connectivity index is 2.28. The lowest BCUT2D eigenvalue weighted by Crippen LogP contribution is -2.45. The predicted octanol–water partition coefficient (Wildman–Crippen LogP) is 2.98. The Morgan fingerprint density at radius 1 is 1.31 bits per heavy atom. The van der Waals surface area contributed by atoms with E-state index in [0.29, 0.717) is 18.4 Å². The molecule has 2 rings (SSSR count). The summed E-state index contributed by atoms with van der Waals surface area (Å²) in [5.74, 6) is 1.05. The average molecular weight is 223 g/mol. The van der Waals surface area contributed by atoms with Crippen molar-refractivity contribution in [2.24, 2.45) is 17.3 Å². The second-order valence-corrected chi connectivity index (χ2v) is 6.11. The third kappa shape index (κ3) is 1.83. The number of fused-ring (bicyclic) bond motifs is 1. The molecule has 1 fully saturated rings. The Labute approximate surface area is 97.1 Å². The lowest BCUT2D eigenvalue weighted by molar-refractivity contribution is 0.0906. The molecule has 3 heteroatoms. The van der Waals surface area contributed by atoms with Crippen LogP contribution in [0.2, 0.25) is 0 Å². The summed E-state index contributed by atoms with van der Waals surface area (Å²) in [5, 5.41) is 9.30. The van der Waals surface area contributed by atoms with Gasteiger partial charge in [-0.25, -0.2) is 4.79 Å². The van der Waals surface area contributed by atoms with Gasteiger partial charge in [-0.05, 0) is 30.1 Å². The molecule has 1 amide bonds. The predicted molar refractivity (Wildman–Crippen MR) is 63.3 cm³/mol. The smallest absolute Gasteiger partial charge is 0.407 e. The molecule has 2 aliphatic rings. The van der Waals surface area contributed by atoms with E-state index in [-0.39, 0.29) is 11.5 Å². The maximum Gasteiger partial charge on any atom is 0.407 e. The average Bonchev–Trinajstić information content (AvgIpc) is 2.55. The first kappa shape index (κ1) is 11.5. The van der Waals surface area contributed by atoms with Crippen LogP contribution in [0.4, 0.5) is 4.79 Å². The van der Waals surface area contributed by atoms with E-state index in [9.17, 15) is 9.90 Å². The number of hydrogen-bond acceptors (Lipinski definition) is 1. The standard InChI is InChI=1S/C13H21NO2/c1-13(2,3)11-10-7-5-4-6-9(10)8-14(11)12(15)16/h4-5,9-11H,6-8H2,1-3H3,(H,15,16)/t9-,10?,11-/m0/s1. The maximum absolute atomic E-state index is 11.3. The highest BCUT2D eigenvalue weighted by Gasteiger charge is 2.48. The molecule has 0 saturated carbocycles. The number of likely N-dealkylation sites (tertiary alicyclic amines) is 1. The van der Waals surface area contributed by atoms with E-state index >= 15 is 0 Å². The van der Waals surface area contributed by atoms with Crippen molar-refractivity contribution in [2.75, 3.05) is 6.54 Å². The number of amides is 1. The Kier molecular flexibility index (Phi) is 2.72. The zero-order chi connectivity index (χ0) is 11.9. The first-order valence-electron chi connectivity index (χ1n) is 6.06. The van der Waals surface area contributed by atoms with E-state index in [4.69, 9.17) is 0 Å². The minimum Gasteiger partial charge on any atom is -0.465 e. The number of allylic oxidation sites excluding steroid dienone is 2. The van der Waals surface area contributed by atoms with E-state index in [2.05, 4.69) is 32.9 Å². The Bertz CT molecular complexity index is 316. The molecular formula is C13H21NO2. The maximum atomic E-state index is 11.3. The fraction of sp³-hybridized carbons (Fsp3) is 0.769. The molecule has 3 atom stereocenters. The molecule has 0 bridgehead atoms. The first-order valence-corrected chi connectivity index (χ1v) is 6.06. The molecule has 90 valence electrons. The van der Waals surface area contributed by atoms with E-state index in [1.165, 1.54) is 0 Å². The molecule has 1 heterocycles. The summed E-state index contributed by atoms with van der Waals surface area (Å²) in [6.07, 6.45) is 5.74. The molecule has 1 saturated heterocycles. The zero-order valence-electron chi connectivity index (χ0n) is 10.3. The minimum absolute atomic E-state index is 0.0307. The number of hydrogen-bond donors (Lipinski definition) is 1. The van der Waals surface area contributed by atoms with Gasteiger partial charge in [-0.2, -0.15) is 0 Å². The minimum atomic E-state index is -0.755. The van der Waals surface area contributed by atoms with Crippen molar-refractivity contribution in [1.29, 1.82) is 0 Å². The number of carboxylic acid groups (broad SMARTS) is 1. The van der Waals surface area contributed by atoms with E-state index < -0.39 is 6.09 Å². The van der Waals surface area contributed by atoms with Gasteiger partial charge in [0.1, 0.15) is 0 Å². The second-order valence-electron chi connectivity index (χ2n) is 6.11. The fourth-order valence-corrected chi connectivity index (χ4v) is 3.39. The van der Waals surface area contributed by atoms with Crippen molar-refractivity contribution in [3.05, 3.63) is 12.2 Å². The summed E-state index contributed by atoms with van der Waals surface area (Å²) in [6, 6.07) is 0.167. The monoisotopic (exact) mass is 223 g/mol. The summed E-state index contributed by atoms with van der Waals surface area (Å²) in [6.45, 7) is 7.16. The van der Waals surface area contributed by atoms with Gasteiger partial charge in [0.2, 0.25) is 0 Å². The molecular weight excluding hydrogens is 202 g/mol. The zero-order valence-corrected chi connectivity index (χ0v) is 10.3. The molecule has 3 nitrogen and oxygen atoms in total.